The average molecular weight is 229 g/mol. The van der Waals surface area contributed by atoms with Gasteiger partial charge in [0.05, 0.1) is 6.54 Å². The predicted octanol–water partition coefficient (Wildman–Crippen LogP) is 0.0348. The van der Waals surface area contributed by atoms with Gasteiger partial charge in [-0.15, -0.1) is 0 Å². The minimum absolute atomic E-state index is 0.0330. The second-order valence-corrected chi connectivity index (χ2v) is 3.97. The molecule has 1 amide bonds. The molecule has 6 nitrogen and oxygen atoms in total. The average Bonchev–Trinajstić information content (AvgIpc) is 2.60. The third-order valence-electron chi connectivity index (χ3n) is 1.91. The Kier molecular flexibility index (Phi) is 3.84. The molecular formula is C8H15N5OS. The summed E-state index contributed by atoms with van der Waals surface area (Å²) in [6.45, 7) is 2.97. The lowest BCUT2D eigenvalue weighted by Gasteiger charge is -2.20. The SMILES string of the molecule is CCN(CC(=O)N(C)C)c1nc(N)ns1. The summed E-state index contributed by atoms with van der Waals surface area (Å²) in [7, 11) is 3.45. The Morgan fingerprint density at radius 2 is 2.20 bits per heavy atom. The van der Waals surface area contributed by atoms with Crippen LogP contribution in [0.2, 0.25) is 0 Å². The number of anilines is 2. The van der Waals surface area contributed by atoms with E-state index in [9.17, 15) is 4.79 Å². The van der Waals surface area contributed by atoms with Gasteiger partial charge in [0.15, 0.2) is 0 Å². The maximum Gasteiger partial charge on any atom is 0.241 e. The van der Waals surface area contributed by atoms with Gasteiger partial charge in [0.25, 0.3) is 0 Å². The first-order valence-corrected chi connectivity index (χ1v) is 5.36. The fourth-order valence-electron chi connectivity index (χ4n) is 0.974. The minimum Gasteiger partial charge on any atom is -0.367 e. The van der Waals surface area contributed by atoms with Crippen molar-refractivity contribution in [3.63, 3.8) is 0 Å². The molecule has 1 rings (SSSR count). The summed E-state index contributed by atoms with van der Waals surface area (Å²) < 4.78 is 3.88. The fourth-order valence-corrected chi connectivity index (χ4v) is 1.63. The van der Waals surface area contributed by atoms with E-state index >= 15 is 0 Å². The van der Waals surface area contributed by atoms with E-state index in [0.29, 0.717) is 18.2 Å². The Balaban J connectivity index is 2.68. The molecule has 1 heterocycles. The zero-order chi connectivity index (χ0) is 11.4. The Morgan fingerprint density at radius 3 is 2.60 bits per heavy atom. The molecule has 0 aliphatic heterocycles. The molecule has 0 unspecified atom stereocenters. The first kappa shape index (κ1) is 11.7. The van der Waals surface area contributed by atoms with Crippen LogP contribution < -0.4 is 10.6 Å². The van der Waals surface area contributed by atoms with E-state index in [1.165, 1.54) is 11.5 Å². The molecule has 15 heavy (non-hydrogen) atoms. The summed E-state index contributed by atoms with van der Waals surface area (Å²) in [5.74, 6) is 0.288. The second kappa shape index (κ2) is 4.92. The zero-order valence-corrected chi connectivity index (χ0v) is 9.91. The van der Waals surface area contributed by atoms with Crippen molar-refractivity contribution in [3.05, 3.63) is 0 Å². The topological polar surface area (TPSA) is 75.4 Å². The van der Waals surface area contributed by atoms with Crippen LogP contribution in [-0.2, 0) is 4.79 Å². The largest absolute Gasteiger partial charge is 0.367 e. The van der Waals surface area contributed by atoms with Crippen molar-refractivity contribution in [1.82, 2.24) is 14.3 Å². The van der Waals surface area contributed by atoms with E-state index in [2.05, 4.69) is 9.36 Å². The highest BCUT2D eigenvalue weighted by molar-refractivity contribution is 7.09. The van der Waals surface area contributed by atoms with Gasteiger partial charge in [0.2, 0.25) is 17.0 Å². The fraction of sp³-hybridized carbons (Fsp3) is 0.625. The van der Waals surface area contributed by atoms with Crippen LogP contribution in [0.3, 0.4) is 0 Å². The molecule has 1 aromatic heterocycles. The molecular weight excluding hydrogens is 214 g/mol. The zero-order valence-electron chi connectivity index (χ0n) is 9.10. The van der Waals surface area contributed by atoms with Gasteiger partial charge in [-0.1, -0.05) is 0 Å². The lowest BCUT2D eigenvalue weighted by Crippen LogP contribution is -2.36. The van der Waals surface area contributed by atoms with Gasteiger partial charge >= 0.3 is 0 Å². The van der Waals surface area contributed by atoms with Crippen molar-refractivity contribution in [1.29, 1.82) is 0 Å². The van der Waals surface area contributed by atoms with Crippen molar-refractivity contribution in [2.75, 3.05) is 37.8 Å². The van der Waals surface area contributed by atoms with E-state index in [-0.39, 0.29) is 11.9 Å². The highest BCUT2D eigenvalue weighted by Gasteiger charge is 2.14. The number of hydrogen-bond donors (Lipinski definition) is 1. The van der Waals surface area contributed by atoms with Crippen LogP contribution in [0.4, 0.5) is 11.1 Å². The third kappa shape index (κ3) is 3.05. The quantitative estimate of drug-likeness (QED) is 0.788. The summed E-state index contributed by atoms with van der Waals surface area (Å²) in [5.41, 5.74) is 5.43. The summed E-state index contributed by atoms with van der Waals surface area (Å²) >= 11 is 1.21. The molecule has 0 aliphatic rings. The summed E-state index contributed by atoms with van der Waals surface area (Å²) in [5, 5.41) is 0.685. The molecule has 0 saturated carbocycles. The number of carbonyl (C=O) groups is 1. The first-order valence-electron chi connectivity index (χ1n) is 4.59. The number of rotatable bonds is 4. The van der Waals surface area contributed by atoms with Crippen molar-refractivity contribution < 1.29 is 4.79 Å². The van der Waals surface area contributed by atoms with E-state index in [1.54, 1.807) is 19.0 Å². The van der Waals surface area contributed by atoms with Gasteiger partial charge in [-0.3, -0.25) is 4.79 Å². The maximum atomic E-state index is 11.5. The van der Waals surface area contributed by atoms with Crippen molar-refractivity contribution in [3.8, 4) is 0 Å². The van der Waals surface area contributed by atoms with Gasteiger partial charge in [-0.25, -0.2) is 0 Å². The Bertz CT molecular complexity index is 338. The molecule has 0 fully saturated rings. The third-order valence-corrected chi connectivity index (χ3v) is 2.70. The molecule has 1 aromatic rings. The number of amides is 1. The molecule has 7 heteroatoms. The predicted molar refractivity (Wildman–Crippen MR) is 60.9 cm³/mol. The smallest absolute Gasteiger partial charge is 0.241 e. The Labute approximate surface area is 92.9 Å². The van der Waals surface area contributed by atoms with Gasteiger partial charge in [-0.05, 0) is 6.92 Å². The van der Waals surface area contributed by atoms with Crippen LogP contribution in [0.1, 0.15) is 6.92 Å². The van der Waals surface area contributed by atoms with E-state index in [1.807, 2.05) is 11.8 Å². The molecule has 0 saturated heterocycles. The molecule has 0 aliphatic carbocycles. The number of likely N-dealkylation sites (N-methyl/N-ethyl adjacent to an activating group) is 2. The van der Waals surface area contributed by atoms with Gasteiger partial charge in [-0.2, -0.15) is 9.36 Å². The minimum atomic E-state index is 0.0330. The number of hydrogen-bond acceptors (Lipinski definition) is 6. The Morgan fingerprint density at radius 1 is 1.53 bits per heavy atom. The van der Waals surface area contributed by atoms with E-state index < -0.39 is 0 Å². The standard InChI is InChI=1S/C8H15N5OS/c1-4-13(5-6(14)12(2)3)8-10-7(9)11-15-8/h4-5H2,1-3H3,(H2,9,11). The highest BCUT2D eigenvalue weighted by Crippen LogP contribution is 2.17. The van der Waals surface area contributed by atoms with Crippen LogP contribution in [0.25, 0.3) is 0 Å². The van der Waals surface area contributed by atoms with Gasteiger partial charge in [0.1, 0.15) is 0 Å². The summed E-state index contributed by atoms with van der Waals surface area (Å²) in [6.07, 6.45) is 0. The maximum absolute atomic E-state index is 11.5. The lowest BCUT2D eigenvalue weighted by atomic mass is 10.5. The van der Waals surface area contributed by atoms with Gasteiger partial charge < -0.3 is 15.5 Å². The molecule has 0 radical (unpaired) electrons. The lowest BCUT2D eigenvalue weighted by molar-refractivity contribution is -0.127. The number of carbonyl (C=O) groups excluding carboxylic acids is 1. The monoisotopic (exact) mass is 229 g/mol. The number of nitrogens with two attached hydrogens (primary N) is 1. The molecule has 0 bridgehead atoms. The molecule has 0 aromatic carbocycles. The van der Waals surface area contributed by atoms with E-state index in [4.69, 9.17) is 5.73 Å². The van der Waals surface area contributed by atoms with Crippen LogP contribution in [0, 0.1) is 0 Å². The van der Waals surface area contributed by atoms with Crippen molar-refractivity contribution >= 4 is 28.5 Å². The molecule has 0 atom stereocenters. The highest BCUT2D eigenvalue weighted by atomic mass is 32.1. The summed E-state index contributed by atoms with van der Waals surface area (Å²) in [4.78, 5) is 18.9. The normalized spacial score (nSPS) is 10.1. The van der Waals surface area contributed by atoms with Crippen molar-refractivity contribution in [2.24, 2.45) is 0 Å². The summed E-state index contributed by atoms with van der Waals surface area (Å²) in [6, 6.07) is 0. The van der Waals surface area contributed by atoms with Crippen molar-refractivity contribution in [2.45, 2.75) is 6.92 Å². The van der Waals surface area contributed by atoms with E-state index in [0.717, 1.165) is 0 Å². The molecule has 2 N–H and O–H groups in total. The number of nitrogen functional groups attached to an aromatic ring is 1. The van der Waals surface area contributed by atoms with Crippen LogP contribution >= 0.6 is 11.5 Å². The Hall–Kier alpha value is -1.37. The van der Waals surface area contributed by atoms with Crippen LogP contribution in [0.15, 0.2) is 0 Å². The first-order chi connectivity index (χ1) is 7.04. The molecule has 0 spiro atoms. The van der Waals surface area contributed by atoms with Crippen LogP contribution in [-0.4, -0.2) is 47.3 Å². The molecule has 84 valence electrons. The second-order valence-electron chi connectivity index (χ2n) is 3.24. The van der Waals surface area contributed by atoms with Gasteiger partial charge in [0, 0.05) is 32.2 Å². The number of nitrogens with zero attached hydrogens (tertiary/aromatic N) is 4. The van der Waals surface area contributed by atoms with Crippen LogP contribution in [0.5, 0.6) is 0 Å². The number of aromatic nitrogens is 2.